The lowest BCUT2D eigenvalue weighted by Crippen LogP contribution is -2.75. The second-order valence-electron chi connectivity index (χ2n) is 9.44. The Labute approximate surface area is 191 Å². The SMILES string of the molecule is O=C(COc1ccc(Cl)c(F)c1)CC12CC(NC(=O)c3ccc(N4CCCC4)cn3)(C1)C2. The van der Waals surface area contributed by atoms with E-state index in [1.54, 1.807) is 12.3 Å². The van der Waals surface area contributed by atoms with Gasteiger partial charge in [0.1, 0.15) is 23.9 Å². The van der Waals surface area contributed by atoms with Gasteiger partial charge in [0, 0.05) is 31.1 Å². The molecular weight excluding hydrogens is 433 g/mol. The molecule has 6 rings (SSSR count). The summed E-state index contributed by atoms with van der Waals surface area (Å²) in [6, 6.07) is 7.86. The first kappa shape index (κ1) is 21.2. The molecule has 3 aliphatic carbocycles. The number of rotatable bonds is 8. The summed E-state index contributed by atoms with van der Waals surface area (Å²) < 4.78 is 18.9. The molecule has 3 saturated carbocycles. The number of anilines is 1. The van der Waals surface area contributed by atoms with E-state index in [0.717, 1.165) is 38.0 Å². The van der Waals surface area contributed by atoms with Crippen LogP contribution in [0.25, 0.3) is 0 Å². The number of hydrogen-bond donors (Lipinski definition) is 1. The summed E-state index contributed by atoms with van der Waals surface area (Å²) in [4.78, 5) is 31.6. The molecule has 0 unspecified atom stereocenters. The zero-order chi connectivity index (χ0) is 22.3. The highest BCUT2D eigenvalue weighted by atomic mass is 35.5. The number of Topliss-reactive ketones (excluding diaryl/α,β-unsaturated/α-hetero) is 1. The molecule has 8 heteroatoms. The first-order valence-electron chi connectivity index (χ1n) is 11.0. The molecule has 2 heterocycles. The second kappa shape index (κ2) is 8.03. The molecule has 1 aromatic heterocycles. The van der Waals surface area contributed by atoms with Gasteiger partial charge in [0.15, 0.2) is 5.78 Å². The molecular formula is C24H25ClFN3O3. The Kier molecular flexibility index (Phi) is 5.32. The Balaban J connectivity index is 1.08. The Morgan fingerprint density at radius 3 is 2.56 bits per heavy atom. The molecule has 4 fully saturated rings. The molecule has 2 aromatic rings. The van der Waals surface area contributed by atoms with Crippen molar-refractivity contribution in [1.82, 2.24) is 10.3 Å². The van der Waals surface area contributed by atoms with Gasteiger partial charge in [0.25, 0.3) is 5.91 Å². The Hall–Kier alpha value is -2.67. The number of nitrogens with one attached hydrogen (secondary N) is 1. The third kappa shape index (κ3) is 4.06. The van der Waals surface area contributed by atoms with E-state index in [1.165, 1.54) is 31.0 Å². The number of hydrogen-bond acceptors (Lipinski definition) is 5. The van der Waals surface area contributed by atoms with Gasteiger partial charge >= 0.3 is 0 Å². The third-order valence-corrected chi connectivity index (χ3v) is 7.14. The maximum Gasteiger partial charge on any atom is 0.270 e. The number of nitrogens with zero attached hydrogens (tertiary/aromatic N) is 2. The molecule has 1 saturated heterocycles. The molecule has 1 amide bonds. The van der Waals surface area contributed by atoms with Crippen LogP contribution in [0.1, 0.15) is 49.0 Å². The summed E-state index contributed by atoms with van der Waals surface area (Å²) in [5.41, 5.74) is 1.22. The molecule has 0 spiro atoms. The number of benzene rings is 1. The maximum absolute atomic E-state index is 13.5. The van der Waals surface area contributed by atoms with Gasteiger partial charge < -0.3 is 15.0 Å². The molecule has 6 nitrogen and oxygen atoms in total. The average molecular weight is 458 g/mol. The number of amides is 1. The van der Waals surface area contributed by atoms with Crippen molar-refractivity contribution in [1.29, 1.82) is 0 Å². The van der Waals surface area contributed by atoms with Crippen LogP contribution in [-0.4, -0.2) is 41.9 Å². The number of carbonyl (C=O) groups is 2. The standard InChI is InChI=1S/C24H25ClFN3O3/c25-19-5-4-18(9-20(19)26)32-12-17(30)10-23-13-24(14-23,15-23)28-22(31)21-6-3-16(11-27-21)29-7-1-2-8-29/h3-6,9,11H,1-2,7-8,10,12-15H2,(H,28,31). The number of ether oxygens (including phenoxy) is 1. The van der Waals surface area contributed by atoms with Gasteiger partial charge in [-0.2, -0.15) is 0 Å². The lowest BCUT2D eigenvalue weighted by Gasteiger charge is -2.70. The molecule has 168 valence electrons. The van der Waals surface area contributed by atoms with E-state index < -0.39 is 5.82 Å². The van der Waals surface area contributed by atoms with Crippen LogP contribution in [0, 0.1) is 11.2 Å². The molecule has 4 aliphatic rings. The van der Waals surface area contributed by atoms with Crippen molar-refractivity contribution in [2.75, 3.05) is 24.6 Å². The first-order valence-corrected chi connectivity index (χ1v) is 11.4. The zero-order valence-electron chi connectivity index (χ0n) is 17.7. The quantitative estimate of drug-likeness (QED) is 0.644. The van der Waals surface area contributed by atoms with Gasteiger partial charge in [-0.3, -0.25) is 9.59 Å². The summed E-state index contributed by atoms with van der Waals surface area (Å²) in [7, 11) is 0. The van der Waals surface area contributed by atoms with E-state index in [0.29, 0.717) is 12.1 Å². The fourth-order valence-corrected chi connectivity index (χ4v) is 5.62. The van der Waals surface area contributed by atoms with Gasteiger partial charge in [-0.1, -0.05) is 11.6 Å². The number of carbonyl (C=O) groups excluding carboxylic acids is 2. The van der Waals surface area contributed by atoms with Crippen LogP contribution in [-0.2, 0) is 4.79 Å². The zero-order valence-corrected chi connectivity index (χ0v) is 18.5. The molecule has 1 N–H and O–H groups in total. The fourth-order valence-electron chi connectivity index (χ4n) is 5.51. The predicted molar refractivity (Wildman–Crippen MR) is 119 cm³/mol. The van der Waals surface area contributed by atoms with Crippen LogP contribution in [0.4, 0.5) is 10.1 Å². The number of halogens is 2. The van der Waals surface area contributed by atoms with Gasteiger partial charge in [-0.25, -0.2) is 9.37 Å². The molecule has 2 bridgehead atoms. The van der Waals surface area contributed by atoms with E-state index in [9.17, 15) is 14.0 Å². The minimum absolute atomic E-state index is 0.0163. The van der Waals surface area contributed by atoms with Crippen LogP contribution in [0.5, 0.6) is 5.75 Å². The van der Waals surface area contributed by atoms with Crippen LogP contribution in [0.15, 0.2) is 36.5 Å². The van der Waals surface area contributed by atoms with Crippen LogP contribution >= 0.6 is 11.6 Å². The molecule has 0 radical (unpaired) electrons. The summed E-state index contributed by atoms with van der Waals surface area (Å²) in [5.74, 6) is -0.483. The summed E-state index contributed by atoms with van der Waals surface area (Å²) in [6.45, 7) is 1.98. The highest BCUT2D eigenvalue weighted by molar-refractivity contribution is 6.30. The Bertz CT molecular complexity index is 1030. The van der Waals surface area contributed by atoms with E-state index in [2.05, 4.69) is 15.2 Å². The van der Waals surface area contributed by atoms with Gasteiger partial charge in [-0.15, -0.1) is 0 Å². The smallest absolute Gasteiger partial charge is 0.270 e. The van der Waals surface area contributed by atoms with Crippen LogP contribution < -0.4 is 15.0 Å². The van der Waals surface area contributed by atoms with E-state index in [4.69, 9.17) is 16.3 Å². The third-order valence-electron chi connectivity index (χ3n) is 6.83. The average Bonchev–Trinajstić information content (AvgIpc) is 3.27. The molecule has 1 aromatic carbocycles. The molecule has 1 aliphatic heterocycles. The predicted octanol–water partition coefficient (Wildman–Crippen LogP) is 4.17. The van der Waals surface area contributed by atoms with Gasteiger partial charge in [-0.05, 0) is 61.8 Å². The van der Waals surface area contributed by atoms with Gasteiger partial charge in [0.05, 0.1) is 16.9 Å². The van der Waals surface area contributed by atoms with Crippen LogP contribution in [0.3, 0.4) is 0 Å². The van der Waals surface area contributed by atoms with E-state index in [1.807, 2.05) is 6.07 Å². The topological polar surface area (TPSA) is 71.5 Å². The molecule has 32 heavy (non-hydrogen) atoms. The van der Waals surface area contributed by atoms with Crippen molar-refractivity contribution < 1.29 is 18.7 Å². The lowest BCUT2D eigenvalue weighted by molar-refractivity contribution is -0.162. The van der Waals surface area contributed by atoms with Crippen molar-refractivity contribution in [3.63, 3.8) is 0 Å². The number of ketones is 1. The largest absolute Gasteiger partial charge is 0.486 e. The van der Waals surface area contributed by atoms with Crippen molar-refractivity contribution in [3.8, 4) is 5.75 Å². The minimum atomic E-state index is -0.575. The Morgan fingerprint density at radius 2 is 1.91 bits per heavy atom. The fraction of sp³-hybridized carbons (Fsp3) is 0.458. The van der Waals surface area contributed by atoms with E-state index >= 15 is 0 Å². The second-order valence-corrected chi connectivity index (χ2v) is 9.85. The van der Waals surface area contributed by atoms with Crippen molar-refractivity contribution in [2.45, 2.75) is 44.1 Å². The number of aromatic nitrogens is 1. The van der Waals surface area contributed by atoms with Crippen molar-refractivity contribution in [3.05, 3.63) is 53.1 Å². The maximum atomic E-state index is 13.5. The summed E-state index contributed by atoms with van der Waals surface area (Å²) in [6.07, 6.45) is 6.94. The Morgan fingerprint density at radius 1 is 1.16 bits per heavy atom. The van der Waals surface area contributed by atoms with Gasteiger partial charge in [0.2, 0.25) is 0 Å². The molecule has 0 atom stereocenters. The normalized spacial score (nSPS) is 25.6. The highest BCUT2D eigenvalue weighted by Crippen LogP contribution is 2.69. The number of pyridine rings is 1. The lowest BCUT2D eigenvalue weighted by atomic mass is 9.38. The van der Waals surface area contributed by atoms with Crippen LogP contribution in [0.2, 0.25) is 5.02 Å². The first-order chi connectivity index (χ1) is 15.4. The monoisotopic (exact) mass is 457 g/mol. The summed E-state index contributed by atoms with van der Waals surface area (Å²) in [5, 5.41) is 3.14. The van der Waals surface area contributed by atoms with Crippen molar-refractivity contribution in [2.24, 2.45) is 5.41 Å². The summed E-state index contributed by atoms with van der Waals surface area (Å²) >= 11 is 5.65. The minimum Gasteiger partial charge on any atom is -0.486 e. The highest BCUT2D eigenvalue weighted by Gasteiger charge is 2.68. The van der Waals surface area contributed by atoms with Crippen molar-refractivity contribution >= 4 is 29.0 Å². The van der Waals surface area contributed by atoms with E-state index in [-0.39, 0.29) is 40.0 Å².